The van der Waals surface area contributed by atoms with E-state index in [2.05, 4.69) is 38.8 Å². The molecule has 0 radical (unpaired) electrons. The fourth-order valence-corrected chi connectivity index (χ4v) is 4.36. The zero-order valence-electron chi connectivity index (χ0n) is 11.8. The van der Waals surface area contributed by atoms with Gasteiger partial charge in [0.1, 0.15) is 5.75 Å². The van der Waals surface area contributed by atoms with Gasteiger partial charge in [0.2, 0.25) is 0 Å². The van der Waals surface area contributed by atoms with Gasteiger partial charge in [-0.1, -0.05) is 26.8 Å². The zero-order chi connectivity index (χ0) is 13.1. The molecule has 1 saturated heterocycles. The van der Waals surface area contributed by atoms with Crippen LogP contribution in [-0.2, 0) is 5.41 Å². The third kappa shape index (κ3) is 1.38. The lowest BCUT2D eigenvalue weighted by Gasteiger charge is -2.56. The highest BCUT2D eigenvalue weighted by atomic mass is 16.3. The van der Waals surface area contributed by atoms with Crippen LogP contribution in [0.2, 0.25) is 0 Å². The molecule has 18 heavy (non-hydrogen) atoms. The summed E-state index contributed by atoms with van der Waals surface area (Å²) in [6.45, 7) is 8.25. The standard InChI is InChI=1S/C16H23NO/c1-10-13-6-5-12(18)9-14(13)16(3)7-8-17(4)15(10)11(16)2/h5-6,9-11,15,18H,7-8H2,1-4H3/t10-,11+,15+,16-/m0/s1. The maximum absolute atomic E-state index is 9.81. The van der Waals surface area contributed by atoms with E-state index in [-0.39, 0.29) is 5.41 Å². The molecular formula is C16H23NO. The van der Waals surface area contributed by atoms with Crippen LogP contribution in [0.15, 0.2) is 18.2 Å². The van der Waals surface area contributed by atoms with Gasteiger partial charge in [-0.2, -0.15) is 0 Å². The molecule has 0 spiro atoms. The normalized spacial score (nSPS) is 39.4. The maximum Gasteiger partial charge on any atom is 0.115 e. The zero-order valence-corrected chi connectivity index (χ0v) is 11.8. The Morgan fingerprint density at radius 1 is 1.33 bits per heavy atom. The molecule has 1 aromatic rings. The van der Waals surface area contributed by atoms with Crippen LogP contribution in [-0.4, -0.2) is 29.6 Å². The van der Waals surface area contributed by atoms with Crippen LogP contribution in [0.1, 0.15) is 44.2 Å². The van der Waals surface area contributed by atoms with Crippen molar-refractivity contribution in [2.24, 2.45) is 5.92 Å². The Hall–Kier alpha value is -1.02. The highest BCUT2D eigenvalue weighted by Gasteiger charge is 2.50. The predicted octanol–water partition coefficient (Wildman–Crippen LogP) is 3.11. The van der Waals surface area contributed by atoms with Gasteiger partial charge in [0.05, 0.1) is 0 Å². The van der Waals surface area contributed by atoms with E-state index >= 15 is 0 Å². The van der Waals surface area contributed by atoms with Crippen molar-refractivity contribution in [3.63, 3.8) is 0 Å². The summed E-state index contributed by atoms with van der Waals surface area (Å²) in [6.07, 6.45) is 1.18. The van der Waals surface area contributed by atoms with Gasteiger partial charge in [0.15, 0.2) is 0 Å². The molecular weight excluding hydrogens is 222 g/mol. The van der Waals surface area contributed by atoms with Gasteiger partial charge < -0.3 is 10.0 Å². The van der Waals surface area contributed by atoms with Crippen molar-refractivity contribution in [1.29, 1.82) is 0 Å². The molecule has 1 aromatic carbocycles. The number of phenolic OH excluding ortho intramolecular Hbond substituents is 1. The topological polar surface area (TPSA) is 23.5 Å². The molecule has 2 bridgehead atoms. The van der Waals surface area contributed by atoms with Gasteiger partial charge in [-0.25, -0.2) is 0 Å². The van der Waals surface area contributed by atoms with Crippen LogP contribution >= 0.6 is 0 Å². The lowest BCUT2D eigenvalue weighted by atomic mass is 9.56. The third-order valence-corrected chi connectivity index (χ3v) is 5.67. The van der Waals surface area contributed by atoms with Gasteiger partial charge >= 0.3 is 0 Å². The van der Waals surface area contributed by atoms with Crippen molar-refractivity contribution in [3.8, 4) is 5.75 Å². The number of fused-ring (bicyclic) bond motifs is 4. The van der Waals surface area contributed by atoms with Crippen molar-refractivity contribution in [2.75, 3.05) is 13.6 Å². The Morgan fingerprint density at radius 3 is 2.78 bits per heavy atom. The van der Waals surface area contributed by atoms with E-state index in [9.17, 15) is 5.11 Å². The second-order valence-corrected chi connectivity index (χ2v) is 6.49. The summed E-state index contributed by atoms with van der Waals surface area (Å²) >= 11 is 0. The number of benzene rings is 1. The third-order valence-electron chi connectivity index (χ3n) is 5.67. The summed E-state index contributed by atoms with van der Waals surface area (Å²) in [6, 6.07) is 6.60. The van der Waals surface area contributed by atoms with Crippen molar-refractivity contribution in [1.82, 2.24) is 4.90 Å². The minimum absolute atomic E-state index is 0.220. The molecule has 1 aliphatic carbocycles. The first-order chi connectivity index (χ1) is 8.45. The van der Waals surface area contributed by atoms with E-state index in [4.69, 9.17) is 0 Å². The molecule has 2 heteroatoms. The summed E-state index contributed by atoms with van der Waals surface area (Å²) in [5.74, 6) is 1.60. The second-order valence-electron chi connectivity index (χ2n) is 6.49. The first-order valence-corrected chi connectivity index (χ1v) is 6.99. The predicted molar refractivity (Wildman–Crippen MR) is 74.1 cm³/mol. The molecule has 2 aliphatic rings. The lowest BCUT2D eigenvalue weighted by Crippen LogP contribution is -2.57. The molecule has 0 saturated carbocycles. The van der Waals surface area contributed by atoms with Crippen molar-refractivity contribution in [3.05, 3.63) is 29.3 Å². The van der Waals surface area contributed by atoms with Gasteiger partial charge in [-0.3, -0.25) is 0 Å². The SMILES string of the molecule is C[C@@H]1[C@H]2[C@@H](C)c3ccc(O)cc3[C@@]1(C)CCN2C. The van der Waals surface area contributed by atoms with E-state index in [0.29, 0.717) is 23.6 Å². The molecule has 1 N–H and O–H groups in total. The molecule has 1 heterocycles. The summed E-state index contributed by atoms with van der Waals surface area (Å²) in [7, 11) is 2.25. The number of rotatable bonds is 0. The first-order valence-electron chi connectivity index (χ1n) is 6.99. The fraction of sp³-hybridized carbons (Fsp3) is 0.625. The minimum Gasteiger partial charge on any atom is -0.508 e. The molecule has 4 atom stereocenters. The van der Waals surface area contributed by atoms with E-state index < -0.39 is 0 Å². The number of nitrogens with zero attached hydrogens (tertiary/aromatic N) is 1. The molecule has 3 rings (SSSR count). The van der Waals surface area contributed by atoms with Crippen LogP contribution in [0.5, 0.6) is 5.75 Å². The maximum atomic E-state index is 9.81. The molecule has 1 fully saturated rings. The average Bonchev–Trinajstić information content (AvgIpc) is 2.33. The van der Waals surface area contributed by atoms with E-state index in [1.54, 1.807) is 0 Å². The van der Waals surface area contributed by atoms with Gasteiger partial charge in [-0.15, -0.1) is 0 Å². The van der Waals surface area contributed by atoms with Crippen LogP contribution in [0, 0.1) is 5.92 Å². The number of likely N-dealkylation sites (N-methyl/N-ethyl adjacent to an activating group) is 1. The molecule has 1 aliphatic heterocycles. The summed E-state index contributed by atoms with van der Waals surface area (Å²) in [4.78, 5) is 2.52. The summed E-state index contributed by atoms with van der Waals surface area (Å²) < 4.78 is 0. The quantitative estimate of drug-likeness (QED) is 0.759. The molecule has 2 nitrogen and oxygen atoms in total. The van der Waals surface area contributed by atoms with E-state index in [0.717, 1.165) is 6.54 Å². The lowest BCUT2D eigenvalue weighted by molar-refractivity contribution is 0.0350. The number of piperidine rings is 1. The Bertz CT molecular complexity index is 484. The Morgan fingerprint density at radius 2 is 2.06 bits per heavy atom. The first kappa shape index (κ1) is 12.0. The van der Waals surface area contributed by atoms with Gasteiger partial charge in [0.25, 0.3) is 0 Å². The Balaban J connectivity index is 2.22. The monoisotopic (exact) mass is 245 g/mol. The van der Waals surface area contributed by atoms with Crippen molar-refractivity contribution < 1.29 is 5.11 Å². The number of hydrogen-bond acceptors (Lipinski definition) is 2. The summed E-state index contributed by atoms with van der Waals surface area (Å²) in [5, 5.41) is 9.81. The second kappa shape index (κ2) is 3.74. The van der Waals surface area contributed by atoms with Crippen molar-refractivity contribution in [2.45, 2.75) is 44.6 Å². The highest BCUT2D eigenvalue weighted by Crippen LogP contribution is 2.52. The van der Waals surface area contributed by atoms with E-state index in [1.165, 1.54) is 17.5 Å². The molecule has 0 amide bonds. The van der Waals surface area contributed by atoms with Crippen molar-refractivity contribution >= 4 is 0 Å². The molecule has 0 aromatic heterocycles. The smallest absolute Gasteiger partial charge is 0.115 e. The van der Waals surface area contributed by atoms with Gasteiger partial charge in [-0.05, 0) is 60.5 Å². The molecule has 0 unspecified atom stereocenters. The largest absolute Gasteiger partial charge is 0.508 e. The van der Waals surface area contributed by atoms with Gasteiger partial charge in [0, 0.05) is 6.04 Å². The van der Waals surface area contributed by atoms with Crippen LogP contribution < -0.4 is 0 Å². The number of likely N-dealkylation sites (tertiary alicyclic amines) is 1. The molecule has 98 valence electrons. The average molecular weight is 245 g/mol. The summed E-state index contributed by atoms with van der Waals surface area (Å²) in [5.41, 5.74) is 3.04. The fourth-order valence-electron chi connectivity index (χ4n) is 4.36. The number of aromatic hydroxyl groups is 1. The minimum atomic E-state index is 0.220. The van der Waals surface area contributed by atoms with Crippen LogP contribution in [0.3, 0.4) is 0 Å². The Labute approximate surface area is 110 Å². The van der Waals surface area contributed by atoms with Crippen LogP contribution in [0.25, 0.3) is 0 Å². The highest BCUT2D eigenvalue weighted by molar-refractivity contribution is 5.46. The van der Waals surface area contributed by atoms with E-state index in [1.807, 2.05) is 12.1 Å². The van der Waals surface area contributed by atoms with Crippen LogP contribution in [0.4, 0.5) is 0 Å². The Kier molecular flexibility index (Phi) is 2.50. The number of phenols is 1. The number of hydrogen-bond donors (Lipinski definition) is 1.